The fraction of sp³-hybridized carbons (Fsp3) is 0.200. The molecule has 0 spiro atoms. The predicted molar refractivity (Wildman–Crippen MR) is 52.1 cm³/mol. The zero-order valence-electron chi connectivity index (χ0n) is 8.07. The Morgan fingerprint density at radius 2 is 2.33 bits per heavy atom. The van der Waals surface area contributed by atoms with Crippen molar-refractivity contribution in [3.63, 3.8) is 0 Å². The van der Waals surface area contributed by atoms with Crippen molar-refractivity contribution < 1.29 is 14.3 Å². The minimum atomic E-state index is -0.997. The minimum Gasteiger partial charge on any atom is -0.480 e. The number of benzene rings is 1. The molecule has 0 aliphatic heterocycles. The third kappa shape index (κ3) is 1.68. The second-order valence-electron chi connectivity index (χ2n) is 3.30. The smallest absolute Gasteiger partial charge is 0.325 e. The molecule has 0 aliphatic carbocycles. The maximum atomic E-state index is 13.0. The summed E-state index contributed by atoms with van der Waals surface area (Å²) in [6, 6.07) is 4.23. The molecule has 78 valence electrons. The summed E-state index contributed by atoms with van der Waals surface area (Å²) in [5, 5.41) is 13.5. The molecule has 15 heavy (non-hydrogen) atoms. The average molecular weight is 208 g/mol. The van der Waals surface area contributed by atoms with Crippen LogP contribution in [0.3, 0.4) is 0 Å². The predicted octanol–water partition coefficient (Wildman–Crippen LogP) is 1.57. The van der Waals surface area contributed by atoms with E-state index in [1.165, 1.54) is 16.8 Å². The van der Waals surface area contributed by atoms with Crippen LogP contribution >= 0.6 is 0 Å². The third-order valence-corrected chi connectivity index (χ3v) is 2.18. The quantitative estimate of drug-likeness (QED) is 0.814. The van der Waals surface area contributed by atoms with Crippen LogP contribution in [0.4, 0.5) is 4.39 Å². The molecular weight excluding hydrogens is 199 g/mol. The number of hydrogen-bond acceptors (Lipinski definition) is 2. The number of halogens is 1. The lowest BCUT2D eigenvalue weighted by Crippen LogP contribution is -2.10. The molecule has 5 heteroatoms. The van der Waals surface area contributed by atoms with E-state index in [9.17, 15) is 9.18 Å². The van der Waals surface area contributed by atoms with Crippen LogP contribution in [0, 0.1) is 12.7 Å². The van der Waals surface area contributed by atoms with Crippen LogP contribution in [0.25, 0.3) is 10.9 Å². The zero-order chi connectivity index (χ0) is 11.0. The Hall–Kier alpha value is -1.91. The normalized spacial score (nSPS) is 10.8. The van der Waals surface area contributed by atoms with Gasteiger partial charge in [0.05, 0.1) is 11.2 Å². The molecule has 1 heterocycles. The molecule has 0 fully saturated rings. The van der Waals surface area contributed by atoms with Crippen molar-refractivity contribution in [3.8, 4) is 0 Å². The van der Waals surface area contributed by atoms with E-state index in [0.29, 0.717) is 11.2 Å². The van der Waals surface area contributed by atoms with Crippen molar-refractivity contribution in [3.05, 3.63) is 29.7 Å². The maximum Gasteiger partial charge on any atom is 0.325 e. The van der Waals surface area contributed by atoms with Gasteiger partial charge in [0.1, 0.15) is 12.4 Å². The van der Waals surface area contributed by atoms with Gasteiger partial charge in [-0.3, -0.25) is 9.48 Å². The van der Waals surface area contributed by atoms with Gasteiger partial charge >= 0.3 is 5.97 Å². The number of aliphatic carboxylic acids is 1. The molecule has 0 bridgehead atoms. The molecule has 0 amide bonds. The molecule has 2 rings (SSSR count). The van der Waals surface area contributed by atoms with Crippen molar-refractivity contribution in [1.82, 2.24) is 9.78 Å². The van der Waals surface area contributed by atoms with E-state index in [1.54, 1.807) is 13.0 Å². The Morgan fingerprint density at radius 3 is 3.00 bits per heavy atom. The van der Waals surface area contributed by atoms with Gasteiger partial charge in [-0.2, -0.15) is 5.10 Å². The van der Waals surface area contributed by atoms with E-state index in [-0.39, 0.29) is 6.54 Å². The molecule has 4 nitrogen and oxygen atoms in total. The van der Waals surface area contributed by atoms with Gasteiger partial charge in [-0.15, -0.1) is 0 Å². The van der Waals surface area contributed by atoms with E-state index >= 15 is 0 Å². The van der Waals surface area contributed by atoms with Gasteiger partial charge in [0, 0.05) is 5.39 Å². The summed E-state index contributed by atoms with van der Waals surface area (Å²) in [6.07, 6.45) is 0. The minimum absolute atomic E-state index is 0.256. The molecule has 0 radical (unpaired) electrons. The fourth-order valence-corrected chi connectivity index (χ4v) is 1.56. The molecular formula is C10H9FN2O2. The summed E-state index contributed by atoms with van der Waals surface area (Å²) in [7, 11) is 0. The first-order valence-electron chi connectivity index (χ1n) is 4.42. The van der Waals surface area contributed by atoms with Crippen LogP contribution in [0.2, 0.25) is 0 Å². The number of aromatic nitrogens is 2. The topological polar surface area (TPSA) is 55.1 Å². The Morgan fingerprint density at radius 1 is 1.60 bits per heavy atom. The lowest BCUT2D eigenvalue weighted by molar-refractivity contribution is -0.137. The van der Waals surface area contributed by atoms with Crippen molar-refractivity contribution in [2.24, 2.45) is 0 Å². The van der Waals surface area contributed by atoms with Crippen LogP contribution in [0.5, 0.6) is 0 Å². The number of carboxylic acids is 1. The van der Waals surface area contributed by atoms with E-state index in [4.69, 9.17) is 5.11 Å². The van der Waals surface area contributed by atoms with Crippen LogP contribution in [-0.4, -0.2) is 20.9 Å². The van der Waals surface area contributed by atoms with E-state index in [1.807, 2.05) is 0 Å². The first kappa shape index (κ1) is 9.64. The number of nitrogens with zero attached hydrogens (tertiary/aromatic N) is 2. The average Bonchev–Trinajstić information content (AvgIpc) is 2.42. The van der Waals surface area contributed by atoms with Gasteiger partial charge in [0.25, 0.3) is 0 Å². The number of carbonyl (C=O) groups is 1. The summed E-state index contributed by atoms with van der Waals surface area (Å²) in [4.78, 5) is 10.6. The molecule has 0 unspecified atom stereocenters. The van der Waals surface area contributed by atoms with E-state index in [2.05, 4.69) is 5.10 Å². The van der Waals surface area contributed by atoms with Gasteiger partial charge in [-0.1, -0.05) is 0 Å². The highest BCUT2D eigenvalue weighted by Crippen LogP contribution is 2.18. The largest absolute Gasteiger partial charge is 0.480 e. The maximum absolute atomic E-state index is 13.0. The number of carboxylic acid groups (broad SMARTS) is 1. The highest BCUT2D eigenvalue weighted by molar-refractivity contribution is 5.83. The van der Waals surface area contributed by atoms with E-state index < -0.39 is 11.8 Å². The Balaban J connectivity index is 2.64. The molecule has 0 saturated carbocycles. The first-order valence-corrected chi connectivity index (χ1v) is 4.42. The summed E-state index contributed by atoms with van der Waals surface area (Å²) in [5.74, 6) is -1.39. The third-order valence-electron chi connectivity index (χ3n) is 2.18. The van der Waals surface area contributed by atoms with Crippen molar-refractivity contribution in [2.45, 2.75) is 13.5 Å². The van der Waals surface area contributed by atoms with Gasteiger partial charge in [-0.25, -0.2) is 4.39 Å². The number of hydrogen-bond donors (Lipinski definition) is 1. The number of fused-ring (bicyclic) bond motifs is 1. The molecule has 0 atom stereocenters. The SMILES string of the molecule is Cc1nn(CC(=O)O)c2cc(F)ccc12. The number of aryl methyl sites for hydroxylation is 1. The Bertz CT molecular complexity index is 533. The molecule has 1 N–H and O–H groups in total. The molecule has 2 aromatic rings. The Labute approximate surface area is 84.9 Å². The van der Waals surface area contributed by atoms with Crippen LogP contribution < -0.4 is 0 Å². The fourth-order valence-electron chi connectivity index (χ4n) is 1.56. The lowest BCUT2D eigenvalue weighted by Gasteiger charge is -1.98. The lowest BCUT2D eigenvalue weighted by atomic mass is 10.2. The van der Waals surface area contributed by atoms with Crippen molar-refractivity contribution in [2.75, 3.05) is 0 Å². The summed E-state index contributed by atoms with van der Waals surface area (Å²) < 4.78 is 14.3. The monoisotopic (exact) mass is 208 g/mol. The molecule has 1 aromatic heterocycles. The van der Waals surface area contributed by atoms with Crippen molar-refractivity contribution >= 4 is 16.9 Å². The first-order chi connectivity index (χ1) is 7.08. The summed E-state index contributed by atoms with van der Waals surface area (Å²) in [6.45, 7) is 1.51. The highest BCUT2D eigenvalue weighted by Gasteiger charge is 2.10. The van der Waals surface area contributed by atoms with Crippen LogP contribution in [-0.2, 0) is 11.3 Å². The zero-order valence-corrected chi connectivity index (χ0v) is 8.07. The van der Waals surface area contributed by atoms with Crippen LogP contribution in [0.1, 0.15) is 5.69 Å². The highest BCUT2D eigenvalue weighted by atomic mass is 19.1. The summed E-state index contributed by atoms with van der Waals surface area (Å²) >= 11 is 0. The molecule has 0 aliphatic rings. The molecule has 0 saturated heterocycles. The summed E-state index contributed by atoms with van der Waals surface area (Å²) in [5.41, 5.74) is 1.21. The standard InChI is InChI=1S/C10H9FN2O2/c1-6-8-3-2-7(11)4-9(8)13(12-6)5-10(14)15/h2-4H,5H2,1H3,(H,14,15). The Kier molecular flexibility index (Phi) is 2.15. The molecule has 1 aromatic carbocycles. The van der Waals surface area contributed by atoms with Crippen LogP contribution in [0.15, 0.2) is 18.2 Å². The number of rotatable bonds is 2. The van der Waals surface area contributed by atoms with Gasteiger partial charge < -0.3 is 5.11 Å². The van der Waals surface area contributed by atoms with E-state index in [0.717, 1.165) is 5.39 Å². The van der Waals surface area contributed by atoms with Crippen molar-refractivity contribution in [1.29, 1.82) is 0 Å². The van der Waals surface area contributed by atoms with Gasteiger partial charge in [0.2, 0.25) is 0 Å². The van der Waals surface area contributed by atoms with Gasteiger partial charge in [0.15, 0.2) is 0 Å². The second-order valence-corrected chi connectivity index (χ2v) is 3.30. The second kappa shape index (κ2) is 3.34. The van der Waals surface area contributed by atoms with Gasteiger partial charge in [-0.05, 0) is 25.1 Å².